The first-order chi connectivity index (χ1) is 6.24. The maximum Gasteiger partial charge on any atom is 0.123 e. The first-order valence-corrected chi connectivity index (χ1v) is 4.63. The number of imidazole rings is 1. The zero-order chi connectivity index (χ0) is 9.31. The van der Waals surface area contributed by atoms with Gasteiger partial charge in [-0.1, -0.05) is 0 Å². The average molecular weight is 218 g/mol. The van der Waals surface area contributed by atoms with Gasteiger partial charge in [0.1, 0.15) is 6.73 Å². The monoisotopic (exact) mass is 217 g/mol. The van der Waals surface area contributed by atoms with Crippen LogP contribution in [-0.2, 0) is 17.0 Å². The largest absolute Gasteiger partial charge is 0.361 e. The van der Waals surface area contributed by atoms with Crippen LogP contribution in [0.3, 0.4) is 0 Å². The molecule has 0 saturated heterocycles. The van der Waals surface area contributed by atoms with E-state index in [1.165, 1.54) is 0 Å². The van der Waals surface area contributed by atoms with Crippen molar-refractivity contribution in [3.8, 4) is 0 Å². The van der Waals surface area contributed by atoms with Gasteiger partial charge in [-0.3, -0.25) is 0 Å². The molecule has 0 unspecified atom stereocenters. The average Bonchev–Trinajstić information content (AvgIpc) is 2.69. The summed E-state index contributed by atoms with van der Waals surface area (Å²) in [7, 11) is 0. The van der Waals surface area contributed by atoms with E-state index in [2.05, 4.69) is 4.98 Å². The fourth-order valence-corrected chi connectivity index (χ4v) is 1.28. The third-order valence-electron chi connectivity index (χ3n) is 2.38. The fourth-order valence-electron chi connectivity index (χ4n) is 1.28. The molecule has 2 rings (SSSR count). The number of rotatable bonds is 4. The highest BCUT2D eigenvalue weighted by atomic mass is 35.5. The molecule has 1 aromatic rings. The predicted octanol–water partition coefficient (Wildman–Crippen LogP) is 1.25. The van der Waals surface area contributed by atoms with Crippen LogP contribution in [0.4, 0.5) is 0 Å². The Kier molecular flexibility index (Phi) is 3.53. The van der Waals surface area contributed by atoms with Crippen molar-refractivity contribution in [2.45, 2.75) is 32.0 Å². The molecule has 1 aliphatic rings. The van der Waals surface area contributed by atoms with Gasteiger partial charge in [0.05, 0.1) is 17.6 Å². The first-order valence-electron chi connectivity index (χ1n) is 4.63. The van der Waals surface area contributed by atoms with E-state index < -0.39 is 0 Å². The number of halogens is 1. The Morgan fingerprint density at radius 1 is 1.64 bits per heavy atom. The highest BCUT2D eigenvalue weighted by molar-refractivity contribution is 5.85. The highest BCUT2D eigenvalue weighted by Gasteiger charge is 2.42. The second kappa shape index (κ2) is 4.29. The Labute approximate surface area is 89.9 Å². The summed E-state index contributed by atoms with van der Waals surface area (Å²) in [6, 6.07) is 0. The maximum absolute atomic E-state index is 5.99. The smallest absolute Gasteiger partial charge is 0.123 e. The standard InChI is InChI=1S/C9H15N3O.ClH/c1-2-13-7-12-5-8(11-6-12)9(10)3-4-9;/h5-6H,2-4,7,10H2,1H3;1H. The minimum Gasteiger partial charge on any atom is -0.361 e. The molecular weight excluding hydrogens is 202 g/mol. The van der Waals surface area contributed by atoms with Gasteiger partial charge in [-0.25, -0.2) is 4.98 Å². The van der Waals surface area contributed by atoms with Gasteiger partial charge in [0.2, 0.25) is 0 Å². The topological polar surface area (TPSA) is 53.1 Å². The van der Waals surface area contributed by atoms with E-state index >= 15 is 0 Å². The molecule has 0 radical (unpaired) electrons. The quantitative estimate of drug-likeness (QED) is 0.826. The molecule has 0 spiro atoms. The number of hydrogen-bond acceptors (Lipinski definition) is 3. The summed E-state index contributed by atoms with van der Waals surface area (Å²) >= 11 is 0. The molecule has 0 amide bonds. The summed E-state index contributed by atoms with van der Waals surface area (Å²) in [6.45, 7) is 3.27. The SMILES string of the molecule is CCOCn1cnc(C2(N)CC2)c1.Cl. The van der Waals surface area contributed by atoms with E-state index in [1.54, 1.807) is 6.33 Å². The zero-order valence-corrected chi connectivity index (χ0v) is 9.09. The van der Waals surface area contributed by atoms with Gasteiger partial charge in [-0.2, -0.15) is 0 Å². The molecule has 1 aromatic heterocycles. The third-order valence-corrected chi connectivity index (χ3v) is 2.38. The summed E-state index contributed by atoms with van der Waals surface area (Å²) in [4.78, 5) is 4.26. The molecule has 0 atom stereocenters. The lowest BCUT2D eigenvalue weighted by molar-refractivity contribution is 0.0877. The molecule has 5 heteroatoms. The van der Waals surface area contributed by atoms with Crippen LogP contribution >= 0.6 is 12.4 Å². The summed E-state index contributed by atoms with van der Waals surface area (Å²) < 4.78 is 7.17. The molecule has 0 bridgehead atoms. The van der Waals surface area contributed by atoms with Gasteiger partial charge in [-0.05, 0) is 19.8 Å². The number of nitrogens with two attached hydrogens (primary N) is 1. The summed E-state index contributed by atoms with van der Waals surface area (Å²) in [6.07, 6.45) is 5.86. The van der Waals surface area contributed by atoms with E-state index in [0.29, 0.717) is 6.73 Å². The van der Waals surface area contributed by atoms with Crippen LogP contribution in [0.15, 0.2) is 12.5 Å². The second-order valence-electron chi connectivity index (χ2n) is 3.55. The minimum atomic E-state index is -0.128. The van der Waals surface area contributed by atoms with Crippen molar-refractivity contribution >= 4 is 12.4 Å². The van der Waals surface area contributed by atoms with Crippen molar-refractivity contribution < 1.29 is 4.74 Å². The van der Waals surface area contributed by atoms with Crippen LogP contribution in [0.5, 0.6) is 0 Å². The van der Waals surface area contributed by atoms with Gasteiger partial charge in [0.15, 0.2) is 0 Å². The van der Waals surface area contributed by atoms with Crippen LogP contribution < -0.4 is 5.73 Å². The lowest BCUT2D eigenvalue weighted by Gasteiger charge is -2.03. The van der Waals surface area contributed by atoms with Gasteiger partial charge in [0.25, 0.3) is 0 Å². The van der Waals surface area contributed by atoms with Crippen molar-refractivity contribution in [3.63, 3.8) is 0 Å². The number of aromatic nitrogens is 2. The Hall–Kier alpha value is -0.580. The Morgan fingerprint density at radius 2 is 2.36 bits per heavy atom. The molecule has 0 aliphatic heterocycles. The van der Waals surface area contributed by atoms with Gasteiger partial charge < -0.3 is 15.0 Å². The van der Waals surface area contributed by atoms with E-state index in [-0.39, 0.29) is 17.9 Å². The summed E-state index contributed by atoms with van der Waals surface area (Å²) in [5.74, 6) is 0. The van der Waals surface area contributed by atoms with Crippen LogP contribution in [0.1, 0.15) is 25.5 Å². The van der Waals surface area contributed by atoms with E-state index in [4.69, 9.17) is 10.5 Å². The number of hydrogen-bond donors (Lipinski definition) is 1. The molecule has 1 heterocycles. The molecule has 0 aromatic carbocycles. The lowest BCUT2D eigenvalue weighted by Crippen LogP contribution is -2.19. The summed E-state index contributed by atoms with van der Waals surface area (Å²) in [5.41, 5.74) is 6.86. The molecule has 80 valence electrons. The van der Waals surface area contributed by atoms with E-state index in [1.807, 2.05) is 17.7 Å². The molecule has 2 N–H and O–H groups in total. The van der Waals surface area contributed by atoms with Crippen LogP contribution in [0.25, 0.3) is 0 Å². The van der Waals surface area contributed by atoms with Gasteiger partial charge in [-0.15, -0.1) is 12.4 Å². The Balaban J connectivity index is 0.000000980. The van der Waals surface area contributed by atoms with E-state index in [9.17, 15) is 0 Å². The normalized spacial score (nSPS) is 17.6. The molecule has 4 nitrogen and oxygen atoms in total. The maximum atomic E-state index is 5.99. The highest BCUT2D eigenvalue weighted by Crippen LogP contribution is 2.41. The minimum absolute atomic E-state index is 0. The first kappa shape index (κ1) is 11.5. The fraction of sp³-hybridized carbons (Fsp3) is 0.667. The van der Waals surface area contributed by atoms with Crippen LogP contribution in [0, 0.1) is 0 Å². The molecule has 1 saturated carbocycles. The Morgan fingerprint density at radius 3 is 2.93 bits per heavy atom. The second-order valence-corrected chi connectivity index (χ2v) is 3.55. The number of nitrogens with zero attached hydrogens (tertiary/aromatic N) is 2. The van der Waals surface area contributed by atoms with Crippen molar-refractivity contribution in [1.82, 2.24) is 9.55 Å². The van der Waals surface area contributed by atoms with Crippen LogP contribution in [-0.4, -0.2) is 16.2 Å². The predicted molar refractivity (Wildman–Crippen MR) is 56.2 cm³/mol. The van der Waals surface area contributed by atoms with Crippen molar-refractivity contribution in [3.05, 3.63) is 18.2 Å². The number of ether oxygens (including phenoxy) is 1. The summed E-state index contributed by atoms with van der Waals surface area (Å²) in [5, 5.41) is 0. The Bertz CT molecular complexity index is 296. The zero-order valence-electron chi connectivity index (χ0n) is 8.27. The third kappa shape index (κ3) is 2.26. The van der Waals surface area contributed by atoms with Gasteiger partial charge in [0, 0.05) is 12.8 Å². The van der Waals surface area contributed by atoms with Crippen LogP contribution in [0.2, 0.25) is 0 Å². The molecule has 1 aliphatic carbocycles. The van der Waals surface area contributed by atoms with Crippen molar-refractivity contribution in [2.24, 2.45) is 5.73 Å². The lowest BCUT2D eigenvalue weighted by atomic mass is 10.2. The molecule has 1 fully saturated rings. The van der Waals surface area contributed by atoms with Crippen molar-refractivity contribution in [2.75, 3.05) is 6.61 Å². The molecular formula is C9H16ClN3O. The van der Waals surface area contributed by atoms with E-state index in [0.717, 1.165) is 25.1 Å². The van der Waals surface area contributed by atoms with Gasteiger partial charge >= 0.3 is 0 Å². The molecule has 14 heavy (non-hydrogen) atoms. The van der Waals surface area contributed by atoms with Crippen molar-refractivity contribution in [1.29, 1.82) is 0 Å².